The molecule has 1 saturated heterocycles. The van der Waals surface area contributed by atoms with E-state index in [1.54, 1.807) is 4.52 Å². The van der Waals surface area contributed by atoms with E-state index in [4.69, 9.17) is 4.74 Å². The predicted octanol–water partition coefficient (Wildman–Crippen LogP) is 3.42. The Balaban J connectivity index is 1.65. The summed E-state index contributed by atoms with van der Waals surface area (Å²) >= 11 is 1.48. The quantitative estimate of drug-likeness (QED) is 0.623. The topological polar surface area (TPSA) is 80.0 Å². The SMILES string of the molecule is CCOC(=O)C1CCN([C@@H](c2ccccc2)c2sc3nc(CC)nn3c2O)CC1. The zero-order chi connectivity index (χ0) is 20.4. The van der Waals surface area contributed by atoms with E-state index < -0.39 is 0 Å². The Bertz CT molecular complexity index is 977. The number of piperidine rings is 1. The Morgan fingerprint density at radius 2 is 2.00 bits per heavy atom. The highest BCUT2D eigenvalue weighted by Crippen LogP contribution is 2.41. The number of ether oxygens (including phenoxy) is 1. The molecule has 1 aromatic carbocycles. The van der Waals surface area contributed by atoms with Crippen molar-refractivity contribution in [1.82, 2.24) is 19.5 Å². The number of benzene rings is 1. The second-order valence-corrected chi connectivity index (χ2v) is 8.25. The maximum absolute atomic E-state index is 12.1. The van der Waals surface area contributed by atoms with Crippen LogP contribution < -0.4 is 0 Å². The summed E-state index contributed by atoms with van der Waals surface area (Å²) in [5, 5.41) is 15.4. The van der Waals surface area contributed by atoms with Crippen LogP contribution >= 0.6 is 11.3 Å². The number of fused-ring (bicyclic) bond motifs is 1. The Morgan fingerprint density at radius 3 is 2.62 bits per heavy atom. The van der Waals surface area contributed by atoms with Gasteiger partial charge in [-0.25, -0.2) is 4.98 Å². The first-order chi connectivity index (χ1) is 14.1. The van der Waals surface area contributed by atoms with Crippen molar-refractivity contribution in [2.24, 2.45) is 5.92 Å². The molecular weight excluding hydrogens is 388 g/mol. The van der Waals surface area contributed by atoms with Crippen molar-refractivity contribution in [2.75, 3.05) is 19.7 Å². The van der Waals surface area contributed by atoms with Crippen LogP contribution in [0.15, 0.2) is 30.3 Å². The van der Waals surface area contributed by atoms with Crippen molar-refractivity contribution in [1.29, 1.82) is 0 Å². The first-order valence-corrected chi connectivity index (χ1v) is 11.0. The van der Waals surface area contributed by atoms with Gasteiger partial charge in [-0.05, 0) is 38.4 Å². The van der Waals surface area contributed by atoms with Crippen molar-refractivity contribution < 1.29 is 14.6 Å². The van der Waals surface area contributed by atoms with Gasteiger partial charge in [-0.2, -0.15) is 4.52 Å². The molecule has 0 unspecified atom stereocenters. The van der Waals surface area contributed by atoms with Gasteiger partial charge < -0.3 is 9.84 Å². The van der Waals surface area contributed by atoms with Gasteiger partial charge in [0.1, 0.15) is 0 Å². The van der Waals surface area contributed by atoms with Crippen LogP contribution in [0, 0.1) is 5.92 Å². The van der Waals surface area contributed by atoms with Crippen LogP contribution in [0.5, 0.6) is 5.88 Å². The Labute approximate surface area is 173 Å². The van der Waals surface area contributed by atoms with Crippen LogP contribution in [-0.2, 0) is 16.0 Å². The monoisotopic (exact) mass is 414 g/mol. The first-order valence-electron chi connectivity index (χ1n) is 10.1. The molecule has 3 aromatic rings. The molecule has 154 valence electrons. The number of likely N-dealkylation sites (tertiary alicyclic amines) is 1. The van der Waals surface area contributed by atoms with Crippen molar-refractivity contribution in [3.05, 3.63) is 46.6 Å². The zero-order valence-corrected chi connectivity index (χ0v) is 17.6. The molecule has 0 spiro atoms. The second-order valence-electron chi connectivity index (χ2n) is 7.24. The summed E-state index contributed by atoms with van der Waals surface area (Å²) in [6.07, 6.45) is 2.24. The lowest BCUT2D eigenvalue weighted by Crippen LogP contribution is -2.39. The summed E-state index contributed by atoms with van der Waals surface area (Å²) in [5.41, 5.74) is 1.11. The minimum atomic E-state index is -0.0999. The van der Waals surface area contributed by atoms with Crippen LogP contribution in [0.2, 0.25) is 0 Å². The lowest BCUT2D eigenvalue weighted by atomic mass is 9.94. The highest BCUT2D eigenvalue weighted by atomic mass is 32.1. The Hall–Kier alpha value is -2.45. The Kier molecular flexibility index (Phi) is 5.82. The molecule has 4 rings (SSSR count). The number of nitrogens with zero attached hydrogens (tertiary/aromatic N) is 4. The molecule has 2 aromatic heterocycles. The first kappa shape index (κ1) is 19.8. The molecule has 8 heteroatoms. The van der Waals surface area contributed by atoms with Crippen molar-refractivity contribution in [3.8, 4) is 5.88 Å². The van der Waals surface area contributed by atoms with E-state index >= 15 is 0 Å². The van der Waals surface area contributed by atoms with Gasteiger partial charge in [0, 0.05) is 6.42 Å². The lowest BCUT2D eigenvalue weighted by Gasteiger charge is -2.36. The van der Waals surface area contributed by atoms with E-state index in [0.717, 1.165) is 48.6 Å². The van der Waals surface area contributed by atoms with Gasteiger partial charge >= 0.3 is 5.97 Å². The van der Waals surface area contributed by atoms with Gasteiger partial charge in [0.05, 0.1) is 23.4 Å². The molecule has 0 saturated carbocycles. The predicted molar refractivity (Wildman–Crippen MR) is 111 cm³/mol. The van der Waals surface area contributed by atoms with E-state index in [2.05, 4.69) is 27.1 Å². The highest BCUT2D eigenvalue weighted by molar-refractivity contribution is 7.17. The van der Waals surface area contributed by atoms with E-state index in [-0.39, 0.29) is 23.8 Å². The number of carbonyl (C=O) groups excluding carboxylic acids is 1. The maximum Gasteiger partial charge on any atom is 0.309 e. The number of aromatic nitrogens is 3. The third kappa shape index (κ3) is 3.86. The fraction of sp³-hybridized carbons (Fsp3) is 0.476. The molecule has 29 heavy (non-hydrogen) atoms. The van der Waals surface area contributed by atoms with Crippen molar-refractivity contribution in [2.45, 2.75) is 39.2 Å². The second kappa shape index (κ2) is 8.51. The fourth-order valence-corrected chi connectivity index (χ4v) is 5.07. The number of esters is 1. The average molecular weight is 415 g/mol. The van der Waals surface area contributed by atoms with Gasteiger partial charge in [-0.3, -0.25) is 9.69 Å². The molecule has 3 heterocycles. The molecule has 0 radical (unpaired) electrons. The number of aryl methyl sites for hydroxylation is 1. The normalized spacial score (nSPS) is 16.9. The fourth-order valence-electron chi connectivity index (χ4n) is 3.94. The third-order valence-corrected chi connectivity index (χ3v) is 6.51. The molecule has 1 N–H and O–H groups in total. The van der Waals surface area contributed by atoms with Crippen LogP contribution in [0.1, 0.15) is 49.0 Å². The zero-order valence-electron chi connectivity index (χ0n) is 16.7. The van der Waals surface area contributed by atoms with E-state index in [0.29, 0.717) is 11.6 Å². The molecule has 0 bridgehead atoms. The highest BCUT2D eigenvalue weighted by Gasteiger charge is 2.34. The number of thiazole rings is 1. The van der Waals surface area contributed by atoms with E-state index in [1.165, 1.54) is 11.3 Å². The maximum atomic E-state index is 12.1. The molecule has 1 atom stereocenters. The van der Waals surface area contributed by atoms with Gasteiger partial charge in [-0.15, -0.1) is 5.10 Å². The third-order valence-electron chi connectivity index (χ3n) is 5.44. The summed E-state index contributed by atoms with van der Waals surface area (Å²) in [4.78, 5) is 20.5. The number of aromatic hydroxyl groups is 1. The molecule has 1 aliphatic heterocycles. The van der Waals surface area contributed by atoms with Crippen LogP contribution in [0.25, 0.3) is 4.96 Å². The molecule has 7 nitrogen and oxygen atoms in total. The van der Waals surface area contributed by atoms with E-state index in [9.17, 15) is 9.90 Å². The van der Waals surface area contributed by atoms with Crippen molar-refractivity contribution in [3.63, 3.8) is 0 Å². The smallest absolute Gasteiger partial charge is 0.309 e. The summed E-state index contributed by atoms with van der Waals surface area (Å²) in [6, 6.07) is 10.1. The van der Waals surface area contributed by atoms with Crippen LogP contribution in [0.4, 0.5) is 0 Å². The lowest BCUT2D eigenvalue weighted by molar-refractivity contribution is -0.149. The van der Waals surface area contributed by atoms with Crippen molar-refractivity contribution >= 4 is 22.3 Å². The minimum Gasteiger partial charge on any atom is -0.492 e. The van der Waals surface area contributed by atoms with Gasteiger partial charge in [0.2, 0.25) is 10.8 Å². The molecular formula is C21H26N4O3S. The molecule has 1 aliphatic rings. The average Bonchev–Trinajstić information content (AvgIpc) is 3.29. The number of hydrogen-bond acceptors (Lipinski definition) is 7. The van der Waals surface area contributed by atoms with Crippen LogP contribution in [0.3, 0.4) is 0 Å². The number of carbonyl (C=O) groups is 1. The van der Waals surface area contributed by atoms with Gasteiger partial charge in [0.15, 0.2) is 5.82 Å². The Morgan fingerprint density at radius 1 is 1.28 bits per heavy atom. The molecule has 0 amide bonds. The molecule has 1 fully saturated rings. The minimum absolute atomic E-state index is 0.0503. The van der Waals surface area contributed by atoms with Gasteiger partial charge in [0.25, 0.3) is 0 Å². The summed E-state index contributed by atoms with van der Waals surface area (Å²) in [7, 11) is 0. The standard InChI is InChI=1S/C21H26N4O3S/c1-3-16-22-21-25(23-16)19(26)18(29-21)17(14-8-6-5-7-9-14)24-12-10-15(11-13-24)20(27)28-4-2/h5-9,15,17,26H,3-4,10-13H2,1-2H3/t17-/m0/s1. The summed E-state index contributed by atoms with van der Waals surface area (Å²) < 4.78 is 6.74. The van der Waals surface area contributed by atoms with Gasteiger partial charge in [-0.1, -0.05) is 48.6 Å². The largest absolute Gasteiger partial charge is 0.492 e. The summed E-state index contributed by atoms with van der Waals surface area (Å²) in [5.74, 6) is 0.728. The number of rotatable bonds is 6. The van der Waals surface area contributed by atoms with E-state index in [1.807, 2.05) is 32.0 Å². The summed E-state index contributed by atoms with van der Waals surface area (Å²) in [6.45, 7) is 5.78. The molecule has 0 aliphatic carbocycles. The number of hydrogen-bond donors (Lipinski definition) is 1. The van der Waals surface area contributed by atoms with Crippen LogP contribution in [-0.4, -0.2) is 50.3 Å².